The van der Waals surface area contributed by atoms with E-state index >= 15 is 0 Å². The number of benzene rings is 14. The average molecular weight is 833 g/mol. The van der Waals surface area contributed by atoms with Crippen LogP contribution in [0.4, 0.5) is 0 Å². The largest absolute Gasteiger partial charge is 0.0616 e. The van der Waals surface area contributed by atoms with Crippen molar-refractivity contribution in [3.05, 3.63) is 243 Å². The summed E-state index contributed by atoms with van der Waals surface area (Å²) < 4.78 is 0. The van der Waals surface area contributed by atoms with Crippen molar-refractivity contribution >= 4 is 97.0 Å². The second kappa shape index (κ2) is 14.5. The van der Waals surface area contributed by atoms with Crippen LogP contribution in [-0.2, 0) is 0 Å². The van der Waals surface area contributed by atoms with Crippen molar-refractivity contribution in [2.24, 2.45) is 0 Å². The van der Waals surface area contributed by atoms with E-state index in [0.29, 0.717) is 0 Å². The molecule has 0 amide bonds. The quantitative estimate of drug-likeness (QED) is 0.155. The zero-order valence-corrected chi connectivity index (χ0v) is 36.1. The molecule has 0 heterocycles. The van der Waals surface area contributed by atoms with Crippen LogP contribution in [0.5, 0.6) is 0 Å². The fraction of sp³-hybridized carbons (Fsp3) is 0. The van der Waals surface area contributed by atoms with E-state index in [2.05, 4.69) is 243 Å². The van der Waals surface area contributed by atoms with Crippen molar-refractivity contribution in [3.8, 4) is 44.5 Å². The highest BCUT2D eigenvalue weighted by molar-refractivity contribution is 6.40. The molecule has 14 aromatic rings. The Labute approximate surface area is 382 Å². The first kappa shape index (κ1) is 36.9. The summed E-state index contributed by atoms with van der Waals surface area (Å²) in [5.74, 6) is 0. The van der Waals surface area contributed by atoms with E-state index in [-0.39, 0.29) is 0 Å². The van der Waals surface area contributed by atoms with Gasteiger partial charge in [0, 0.05) is 0 Å². The van der Waals surface area contributed by atoms with Crippen LogP contribution in [0.3, 0.4) is 0 Å². The van der Waals surface area contributed by atoms with Crippen LogP contribution in [0.1, 0.15) is 0 Å². The van der Waals surface area contributed by atoms with E-state index in [9.17, 15) is 0 Å². The van der Waals surface area contributed by atoms with E-state index in [1.54, 1.807) is 0 Å². The first-order valence-corrected chi connectivity index (χ1v) is 23.0. The lowest BCUT2D eigenvalue weighted by Gasteiger charge is -2.20. The van der Waals surface area contributed by atoms with E-state index < -0.39 is 0 Å². The number of hydrogen-bond donors (Lipinski definition) is 0. The third-order valence-corrected chi connectivity index (χ3v) is 14.4. The number of rotatable bonds is 4. The number of fused-ring (bicyclic) bond motifs is 15. The topological polar surface area (TPSA) is 0 Å². The molecule has 14 aromatic carbocycles. The molecule has 0 spiro atoms. The predicted molar refractivity (Wildman–Crippen MR) is 286 cm³/mol. The van der Waals surface area contributed by atoms with Crippen LogP contribution in [0.2, 0.25) is 0 Å². The molecular formula is C66H40. The third-order valence-electron chi connectivity index (χ3n) is 14.4. The third kappa shape index (κ3) is 5.46. The first-order chi connectivity index (χ1) is 32.8. The Morgan fingerprint density at radius 1 is 0.167 bits per heavy atom. The van der Waals surface area contributed by atoms with Gasteiger partial charge in [0.2, 0.25) is 0 Å². The Bertz CT molecular complexity index is 4050. The Balaban J connectivity index is 1.12. The Kier molecular flexibility index (Phi) is 8.08. The second-order valence-electron chi connectivity index (χ2n) is 17.8. The summed E-state index contributed by atoms with van der Waals surface area (Å²) in [6.45, 7) is 0. The van der Waals surface area contributed by atoms with Gasteiger partial charge in [-0.15, -0.1) is 0 Å². The van der Waals surface area contributed by atoms with Crippen LogP contribution in [-0.4, -0.2) is 0 Å². The molecule has 304 valence electrons. The lowest BCUT2D eigenvalue weighted by molar-refractivity contribution is 1.65. The Morgan fingerprint density at radius 3 is 0.909 bits per heavy atom. The molecule has 0 aliphatic rings. The smallest absolute Gasteiger partial charge is 0.00137 e. The second-order valence-corrected chi connectivity index (χ2v) is 17.8. The van der Waals surface area contributed by atoms with E-state index in [4.69, 9.17) is 0 Å². The molecule has 0 aliphatic carbocycles. The molecule has 0 radical (unpaired) electrons. The van der Waals surface area contributed by atoms with Crippen molar-refractivity contribution < 1.29 is 0 Å². The van der Waals surface area contributed by atoms with Crippen molar-refractivity contribution in [1.29, 1.82) is 0 Å². The van der Waals surface area contributed by atoms with Gasteiger partial charge in [0.25, 0.3) is 0 Å². The molecule has 0 N–H and O–H groups in total. The van der Waals surface area contributed by atoms with Crippen molar-refractivity contribution in [1.82, 2.24) is 0 Å². The van der Waals surface area contributed by atoms with Crippen LogP contribution >= 0.6 is 0 Å². The summed E-state index contributed by atoms with van der Waals surface area (Å²) in [4.78, 5) is 0. The van der Waals surface area contributed by atoms with Crippen LogP contribution in [0, 0.1) is 0 Å². The van der Waals surface area contributed by atoms with Gasteiger partial charge in [-0.25, -0.2) is 0 Å². The van der Waals surface area contributed by atoms with Crippen LogP contribution in [0.15, 0.2) is 243 Å². The minimum absolute atomic E-state index is 1.22. The summed E-state index contributed by atoms with van der Waals surface area (Å²) in [7, 11) is 0. The Morgan fingerprint density at radius 2 is 0.485 bits per heavy atom. The molecule has 0 bridgehead atoms. The summed E-state index contributed by atoms with van der Waals surface area (Å²) >= 11 is 0. The molecule has 0 saturated carbocycles. The molecule has 66 heavy (non-hydrogen) atoms. The van der Waals surface area contributed by atoms with Crippen LogP contribution in [0.25, 0.3) is 141 Å². The molecular weight excluding hydrogens is 793 g/mol. The fourth-order valence-corrected chi connectivity index (χ4v) is 11.5. The highest BCUT2D eigenvalue weighted by Gasteiger charge is 2.21. The highest BCUT2D eigenvalue weighted by atomic mass is 14.2. The van der Waals surface area contributed by atoms with E-state index in [1.165, 1.54) is 141 Å². The maximum atomic E-state index is 2.51. The number of hydrogen-bond acceptors (Lipinski definition) is 0. The standard InChI is InChI=1S/C66H40/c1-5-21-47-41(15-1)19-13-29-51(47)59-37-31-43-17-3-7-23-49(43)63(59)45-33-35-55-53-25-9-12-28-58(53)66-62-40-46(34-36-56(62)54-26-10-11-27-57(54)65(66)61(55)39-45)64-50-24-8-4-18-44(50)32-38-60(64)52-30-14-20-42-16-2-6-22-48(42)52/h1-40H. The van der Waals surface area contributed by atoms with Crippen molar-refractivity contribution in [2.75, 3.05) is 0 Å². The minimum Gasteiger partial charge on any atom is -0.0616 e. The lowest BCUT2D eigenvalue weighted by Crippen LogP contribution is -1.93. The van der Waals surface area contributed by atoms with E-state index in [0.717, 1.165) is 0 Å². The summed E-state index contributed by atoms with van der Waals surface area (Å²) in [5.41, 5.74) is 9.93. The van der Waals surface area contributed by atoms with Gasteiger partial charge in [0.15, 0.2) is 0 Å². The molecule has 0 fully saturated rings. The normalized spacial score (nSPS) is 11.9. The molecule has 0 heteroatoms. The molecule has 14 rings (SSSR count). The molecule has 0 aliphatic heterocycles. The molecule has 0 unspecified atom stereocenters. The van der Waals surface area contributed by atoms with Gasteiger partial charge in [0.05, 0.1) is 0 Å². The maximum absolute atomic E-state index is 2.51. The summed E-state index contributed by atoms with van der Waals surface area (Å²) in [5, 5.41) is 22.7. The fourth-order valence-electron chi connectivity index (χ4n) is 11.5. The molecule has 0 atom stereocenters. The maximum Gasteiger partial charge on any atom is -0.00137 e. The van der Waals surface area contributed by atoms with Gasteiger partial charge in [-0.05, 0) is 154 Å². The molecule has 0 aromatic heterocycles. The van der Waals surface area contributed by atoms with Crippen molar-refractivity contribution in [3.63, 3.8) is 0 Å². The summed E-state index contributed by atoms with van der Waals surface area (Å²) in [6.07, 6.45) is 0. The minimum atomic E-state index is 1.22. The van der Waals surface area contributed by atoms with Crippen molar-refractivity contribution in [2.45, 2.75) is 0 Å². The average Bonchev–Trinajstić information content (AvgIpc) is 3.39. The summed E-state index contributed by atoms with van der Waals surface area (Å²) in [6, 6.07) is 90.7. The SMILES string of the molecule is c1ccc2c(-c3ccc4ccccc4c3-c3ccc4c5ccccc5c5c6cc(-c7c(-c8cccc9ccccc89)ccc8ccccc78)ccc6c6ccccc6c5c4c3)cccc2c1. The van der Waals surface area contributed by atoms with Gasteiger partial charge in [-0.3, -0.25) is 0 Å². The first-order valence-electron chi connectivity index (χ1n) is 23.0. The Hall–Kier alpha value is -8.58. The predicted octanol–water partition coefficient (Wildman–Crippen LogP) is 18.7. The monoisotopic (exact) mass is 832 g/mol. The van der Waals surface area contributed by atoms with Gasteiger partial charge in [0.1, 0.15) is 0 Å². The lowest BCUT2D eigenvalue weighted by atomic mass is 9.83. The van der Waals surface area contributed by atoms with Gasteiger partial charge in [-0.2, -0.15) is 0 Å². The van der Waals surface area contributed by atoms with Gasteiger partial charge < -0.3 is 0 Å². The molecule has 0 nitrogen and oxygen atoms in total. The van der Waals surface area contributed by atoms with Gasteiger partial charge in [-0.1, -0.05) is 231 Å². The van der Waals surface area contributed by atoms with E-state index in [1.807, 2.05) is 0 Å². The zero-order valence-electron chi connectivity index (χ0n) is 36.1. The van der Waals surface area contributed by atoms with Gasteiger partial charge >= 0.3 is 0 Å². The molecule has 0 saturated heterocycles. The highest BCUT2D eigenvalue weighted by Crippen LogP contribution is 2.49. The zero-order chi connectivity index (χ0) is 43.3. The van der Waals surface area contributed by atoms with Crippen LogP contribution < -0.4 is 0 Å².